The number of phenols is 1. The molecule has 2 aromatic heterocycles. The second kappa shape index (κ2) is 25.8. The van der Waals surface area contributed by atoms with E-state index in [1.165, 1.54) is 29.8 Å². The smallest absolute Gasteiger partial charge is 0.870 e. The summed E-state index contributed by atoms with van der Waals surface area (Å²) in [5, 5.41) is 63.3. The van der Waals surface area contributed by atoms with Gasteiger partial charge in [-0.05, 0) is 84.0 Å². The summed E-state index contributed by atoms with van der Waals surface area (Å²) in [6.45, 7) is 1.52. The second-order valence-electron chi connectivity index (χ2n) is 13.3. The van der Waals surface area contributed by atoms with Crippen LogP contribution in [0.4, 0.5) is 40.1 Å². The first-order chi connectivity index (χ1) is 31.7. The number of carboxylic acids is 1. The maximum absolute atomic E-state index is 12.6. The molecular formula is C36H25Cl2CrN11Na3O16S3+3. The van der Waals surface area contributed by atoms with Crippen LogP contribution in [-0.4, -0.2) is 84.7 Å². The number of H-pyrrole nitrogens is 1. The standard InChI is InChI=1S/C20H12Cl2N6O9S2.C16H13N5O7S.Cr.3Na/c21-18-24-19(22)26-20(25-18)23-9-2-1-8-5-14(39(35,36)37)15(16(29)11(8)6-9)28-27-13-4-3-10(38(32,33)34)7-12(13)17(30)31;1-9-14(16(23)20(19-9)10-5-3-2-4-6-10)18-17-12-7-11(21(24)25)8-13(15(12)22)29(26,27)28;;;;/h1-7,29H,(H,30,31)(H,32,33,34)(H,35,36,37)(H,23,24,25,26);2-8,19,22H,1H3,(H,26,27,28);;;;/q;;;3*+1. The van der Waals surface area contributed by atoms with Gasteiger partial charge >= 0.3 is 96.1 Å². The third-order valence-electron chi connectivity index (χ3n) is 8.74. The quantitative estimate of drug-likeness (QED) is 0.0221. The summed E-state index contributed by atoms with van der Waals surface area (Å²) < 4.78 is 98.7. The van der Waals surface area contributed by atoms with Gasteiger partial charge in [-0.25, -0.2) is 9.48 Å². The van der Waals surface area contributed by atoms with E-state index in [2.05, 4.69) is 45.8 Å². The molecule has 358 valence electrons. The van der Waals surface area contributed by atoms with Crippen LogP contribution in [0, 0.1) is 17.0 Å². The number of rotatable bonds is 12. The molecule has 5 aromatic carbocycles. The fourth-order valence-electron chi connectivity index (χ4n) is 5.72. The Morgan fingerprint density at radius 1 is 0.778 bits per heavy atom. The molecule has 0 fully saturated rings. The van der Waals surface area contributed by atoms with Crippen LogP contribution >= 0.6 is 23.2 Å². The third-order valence-corrected chi connectivity index (χ3v) is 11.7. The van der Waals surface area contributed by atoms with Gasteiger partial charge in [0.05, 0.1) is 37.3 Å². The Labute approximate surface area is 492 Å². The van der Waals surface area contributed by atoms with Crippen LogP contribution in [0.5, 0.6) is 11.5 Å². The minimum atomic E-state index is -5.03. The van der Waals surface area contributed by atoms with E-state index in [4.69, 9.17) is 32.3 Å². The van der Waals surface area contributed by atoms with Gasteiger partial charge in [-0.1, -0.05) is 30.0 Å². The van der Waals surface area contributed by atoms with E-state index in [0.717, 1.165) is 18.2 Å². The van der Waals surface area contributed by atoms with Gasteiger partial charge in [-0.2, -0.15) is 45.3 Å². The minimum Gasteiger partial charge on any atom is -0.870 e. The molecule has 0 saturated carbocycles. The SMILES string of the molecule is Cc1[nH]n(-c2ccccc2)c(=O)c1N=Nc1cc([N+](=O)[O-])cc(S(=O)(=O)O)c1[O-].O=C(O)c1cc(S(=O)(=O)O)ccc1N=Nc1c(S(=O)(=O)O)cc2ccc(Nc3nc(Cl)nc(Cl)n3)cc2c1O.[Cr].[H+].[Na+].[Na+].[Na+]. The van der Waals surface area contributed by atoms with Crippen molar-refractivity contribution in [1.82, 2.24) is 24.7 Å². The zero-order valence-corrected chi connectivity index (χ0v) is 48.0. The summed E-state index contributed by atoms with van der Waals surface area (Å²) in [7, 11) is -14.8. The predicted octanol–water partition coefficient (Wildman–Crippen LogP) is -2.37. The molecule has 0 unspecified atom stereocenters. The van der Waals surface area contributed by atoms with Crippen LogP contribution in [0.3, 0.4) is 0 Å². The number of nitrogens with one attached hydrogen (secondary N) is 2. The maximum Gasteiger partial charge on any atom is 1.00 e. The molecule has 0 spiro atoms. The zero-order valence-electron chi connectivity index (χ0n) is 37.7. The molecule has 7 rings (SSSR count). The van der Waals surface area contributed by atoms with E-state index in [1.807, 2.05) is 0 Å². The number of para-hydroxylation sites is 1. The number of phenolic OH excluding ortho intramolecular Hbond substituents is 1. The van der Waals surface area contributed by atoms with Crippen LogP contribution in [0.15, 0.2) is 125 Å². The summed E-state index contributed by atoms with van der Waals surface area (Å²) in [5.74, 6) is -3.77. The van der Waals surface area contributed by atoms with E-state index < -0.39 is 101 Å². The van der Waals surface area contributed by atoms with Gasteiger partial charge in [0.15, 0.2) is 11.4 Å². The number of hydrogen-bond donors (Lipinski definition) is 7. The summed E-state index contributed by atoms with van der Waals surface area (Å²) in [5.41, 5.74) is -3.18. The first kappa shape index (κ1) is 63.8. The number of carboxylic acid groups (broad SMARTS) is 1. The molecule has 7 aromatic rings. The van der Waals surface area contributed by atoms with Crippen LogP contribution in [0.25, 0.3) is 16.5 Å². The zero-order chi connectivity index (χ0) is 50.0. The number of nitrogens with zero attached hydrogens (tertiary/aromatic N) is 9. The average molecular weight is 1160 g/mol. The van der Waals surface area contributed by atoms with Gasteiger partial charge < -0.3 is 20.6 Å². The number of anilines is 2. The summed E-state index contributed by atoms with van der Waals surface area (Å²) in [4.78, 5) is 42.7. The Morgan fingerprint density at radius 3 is 1.92 bits per heavy atom. The minimum absolute atomic E-state index is 0. The molecule has 0 aliphatic rings. The van der Waals surface area contributed by atoms with Gasteiger partial charge in [-0.3, -0.25) is 33.7 Å². The molecule has 0 saturated heterocycles. The van der Waals surface area contributed by atoms with Gasteiger partial charge in [0, 0.05) is 40.6 Å². The molecule has 7 N–H and O–H groups in total. The molecule has 0 bridgehead atoms. The maximum atomic E-state index is 12.6. The predicted molar refractivity (Wildman–Crippen MR) is 235 cm³/mol. The molecule has 0 aliphatic carbocycles. The molecule has 0 aliphatic heterocycles. The molecule has 72 heavy (non-hydrogen) atoms. The summed E-state index contributed by atoms with van der Waals surface area (Å²) >= 11 is 11.5. The van der Waals surface area contributed by atoms with E-state index >= 15 is 0 Å². The van der Waals surface area contributed by atoms with Gasteiger partial charge in [0.1, 0.15) is 16.3 Å². The van der Waals surface area contributed by atoms with Crippen molar-refractivity contribution in [2.24, 2.45) is 20.5 Å². The van der Waals surface area contributed by atoms with Crippen LogP contribution in [0.2, 0.25) is 10.6 Å². The molecule has 2 heterocycles. The average Bonchev–Trinajstić information content (AvgIpc) is 3.53. The number of aromatic nitrogens is 5. The van der Waals surface area contributed by atoms with Crippen molar-refractivity contribution in [3.8, 4) is 17.2 Å². The number of non-ortho nitro benzene ring substituents is 1. The number of aromatic carboxylic acids is 1. The van der Waals surface area contributed by atoms with Crippen molar-refractivity contribution in [3.63, 3.8) is 0 Å². The van der Waals surface area contributed by atoms with Crippen molar-refractivity contribution in [2.75, 3.05) is 5.32 Å². The Bertz CT molecular complexity index is 3700. The van der Waals surface area contributed by atoms with Crippen LogP contribution in [0.1, 0.15) is 17.5 Å². The molecule has 27 nitrogen and oxygen atoms in total. The summed E-state index contributed by atoms with van der Waals surface area (Å²) in [6.07, 6.45) is 0. The number of nitro benzene ring substituents is 1. The molecular weight excluding hydrogens is 1130 g/mol. The number of benzene rings is 5. The van der Waals surface area contributed by atoms with E-state index in [1.54, 1.807) is 30.3 Å². The van der Waals surface area contributed by atoms with Crippen molar-refractivity contribution in [2.45, 2.75) is 21.6 Å². The second-order valence-corrected chi connectivity index (χ2v) is 18.1. The number of fused-ring (bicyclic) bond motifs is 1. The number of halogens is 2. The van der Waals surface area contributed by atoms with Gasteiger partial charge in [0.2, 0.25) is 16.5 Å². The largest absolute Gasteiger partial charge is 1.00 e. The Hall–Kier alpha value is -4.31. The van der Waals surface area contributed by atoms with Crippen molar-refractivity contribution in [1.29, 1.82) is 0 Å². The van der Waals surface area contributed by atoms with E-state index in [0.29, 0.717) is 23.9 Å². The van der Waals surface area contributed by atoms with Crippen molar-refractivity contribution >= 4 is 110 Å². The first-order valence-corrected chi connectivity index (χ1v) is 22.9. The summed E-state index contributed by atoms with van der Waals surface area (Å²) in [6, 6.07) is 17.1. The monoisotopic (exact) mass is 1150 g/mol. The van der Waals surface area contributed by atoms with E-state index in [-0.39, 0.29) is 152 Å². The number of aromatic hydroxyl groups is 1. The molecule has 36 heteroatoms. The Morgan fingerprint density at radius 2 is 1.36 bits per heavy atom. The topological polar surface area (TPSA) is 425 Å². The fraction of sp³-hybridized carbons (Fsp3) is 0.0278. The molecule has 0 radical (unpaired) electrons. The number of aromatic amines is 1. The number of aryl methyl sites for hydroxylation is 1. The number of hydrogen-bond acceptors (Lipinski definition) is 20. The van der Waals surface area contributed by atoms with Crippen LogP contribution in [-0.2, 0) is 47.7 Å². The van der Waals surface area contributed by atoms with Crippen molar-refractivity contribution in [3.05, 3.63) is 127 Å². The van der Waals surface area contributed by atoms with Crippen LogP contribution < -0.4 is 105 Å². The van der Waals surface area contributed by atoms with Crippen molar-refractivity contribution < 1.29 is 171 Å². The number of nitro groups is 1. The number of azo groups is 2. The normalized spacial score (nSPS) is 11.4. The molecule has 0 atom stereocenters. The first-order valence-electron chi connectivity index (χ1n) is 17.9. The number of carbonyl (C=O) groups is 1. The third kappa shape index (κ3) is 15.4. The Balaban J connectivity index is 0.000000708. The fourth-order valence-corrected chi connectivity index (χ4v) is 7.86. The van der Waals surface area contributed by atoms with Gasteiger partial charge in [0.25, 0.3) is 41.6 Å². The molecule has 0 amide bonds. The van der Waals surface area contributed by atoms with E-state index in [9.17, 15) is 64.8 Å². The van der Waals surface area contributed by atoms with Gasteiger partial charge in [-0.15, -0.1) is 15.3 Å². The Kier molecular flexibility index (Phi) is 22.8.